The summed E-state index contributed by atoms with van der Waals surface area (Å²) < 4.78 is 111. The van der Waals surface area contributed by atoms with Crippen molar-refractivity contribution in [2.45, 2.75) is 321 Å². The van der Waals surface area contributed by atoms with E-state index in [1.165, 1.54) is 0 Å². The third-order valence-corrected chi connectivity index (χ3v) is 21.7. The first-order valence-electron chi connectivity index (χ1n) is 37.2. The van der Waals surface area contributed by atoms with Crippen LogP contribution in [0.15, 0.2) is 0 Å². The second kappa shape index (κ2) is 41.9. The molecular weight excluding hydrogens is 1610 g/mol. The lowest BCUT2D eigenvalue weighted by molar-refractivity contribution is -0.408. The van der Waals surface area contributed by atoms with Crippen LogP contribution in [-0.2, 0) is 99.6 Å². The predicted molar refractivity (Wildman–Crippen MR) is 353 cm³/mol. The van der Waals surface area contributed by atoms with Crippen molar-refractivity contribution in [1.82, 2.24) is 10.6 Å². The van der Waals surface area contributed by atoms with Gasteiger partial charge >= 0.3 is 0 Å². The van der Waals surface area contributed by atoms with Crippen LogP contribution in [0.2, 0.25) is 0 Å². The van der Waals surface area contributed by atoms with E-state index in [1.54, 1.807) is 0 Å². The van der Waals surface area contributed by atoms with Crippen LogP contribution in [0.4, 0.5) is 0 Å². The summed E-state index contributed by atoms with van der Waals surface area (Å²) in [4.78, 5) is 25.2. The first kappa shape index (κ1) is 96.2. The lowest BCUT2D eigenvalue weighted by Crippen LogP contribution is -2.70. The maximum Gasteiger partial charge on any atom is 0.217 e. The van der Waals surface area contributed by atoms with Crippen molar-refractivity contribution in [1.29, 1.82) is 0 Å². The highest BCUT2D eigenvalue weighted by Crippen LogP contribution is 2.41. The average molecular weight is 1720 g/mol. The molecule has 10 aliphatic heterocycles. The van der Waals surface area contributed by atoms with Crippen LogP contribution in [0.1, 0.15) is 13.8 Å². The number of hydrogen-bond acceptors (Lipinski definition) is 51. The highest BCUT2D eigenvalue weighted by molar-refractivity contribution is 5.73. The summed E-state index contributed by atoms with van der Waals surface area (Å²) in [5.74, 6) is -1.78. The third-order valence-electron chi connectivity index (χ3n) is 21.7. The minimum Gasteiger partial charge on any atom is -0.394 e. The molecule has 0 aromatic rings. The van der Waals surface area contributed by atoms with E-state index < -0.39 is 385 Å². The van der Waals surface area contributed by atoms with Gasteiger partial charge in [-0.3, -0.25) is 9.59 Å². The Morgan fingerprint density at radius 2 is 0.470 bits per heavy atom. The minimum atomic E-state index is -2.64. The Bertz CT molecular complexity index is 3050. The van der Waals surface area contributed by atoms with E-state index in [0.29, 0.717) is 0 Å². The summed E-state index contributed by atoms with van der Waals surface area (Å²) in [5.41, 5.74) is 0. The van der Waals surface area contributed by atoms with E-state index in [4.69, 9.17) is 90.0 Å². The van der Waals surface area contributed by atoms with Crippen molar-refractivity contribution in [3.05, 3.63) is 0 Å². The van der Waals surface area contributed by atoms with Gasteiger partial charge in [0.05, 0.1) is 66.1 Å². The zero-order chi connectivity index (χ0) is 85.9. The molecule has 10 heterocycles. The summed E-state index contributed by atoms with van der Waals surface area (Å²) >= 11 is 0. The third kappa shape index (κ3) is 20.7. The number of carbonyl (C=O) groups is 2. The van der Waals surface area contributed by atoms with Crippen LogP contribution in [-0.4, -0.2) is 538 Å². The minimum absolute atomic E-state index is 0.805. The van der Waals surface area contributed by atoms with Crippen molar-refractivity contribution >= 4 is 11.8 Å². The van der Waals surface area contributed by atoms with E-state index in [-0.39, 0.29) is 0 Å². The van der Waals surface area contributed by atoms with Crippen LogP contribution in [0.5, 0.6) is 0 Å². The van der Waals surface area contributed by atoms with Crippen molar-refractivity contribution < 1.29 is 253 Å². The lowest BCUT2D eigenvalue weighted by Gasteiger charge is -2.51. The van der Waals surface area contributed by atoms with E-state index in [2.05, 4.69) is 10.6 Å². The van der Waals surface area contributed by atoms with E-state index in [0.717, 1.165) is 13.8 Å². The maximum atomic E-state index is 13.0. The van der Waals surface area contributed by atoms with Gasteiger partial charge in [-0.1, -0.05) is 0 Å². The molecule has 0 aromatic heterocycles. The molecule has 0 aliphatic carbocycles. The number of aliphatic hydroxyl groups is 30. The van der Waals surface area contributed by atoms with Crippen LogP contribution >= 0.6 is 0 Å². The van der Waals surface area contributed by atoms with Gasteiger partial charge in [-0.15, -0.1) is 0 Å². The zero-order valence-corrected chi connectivity index (χ0v) is 61.9. The monoisotopic (exact) mass is 1720 g/mol. The molecule has 680 valence electrons. The number of rotatable bonds is 30. The fourth-order valence-electron chi connectivity index (χ4n) is 15.0. The zero-order valence-electron chi connectivity index (χ0n) is 61.9. The summed E-state index contributed by atoms with van der Waals surface area (Å²) in [6, 6.07) is -3.64. The van der Waals surface area contributed by atoms with Gasteiger partial charge in [0.2, 0.25) is 11.8 Å². The van der Waals surface area contributed by atoms with Crippen LogP contribution < -0.4 is 10.6 Å². The smallest absolute Gasteiger partial charge is 0.217 e. The molecule has 2 amide bonds. The molecule has 0 bridgehead atoms. The van der Waals surface area contributed by atoms with E-state index >= 15 is 0 Å². The molecule has 117 heavy (non-hydrogen) atoms. The first-order chi connectivity index (χ1) is 55.4. The number of amides is 2. The highest BCUT2D eigenvalue weighted by Gasteiger charge is 2.61. The normalized spacial score (nSPS) is 51.5. The van der Waals surface area contributed by atoms with Gasteiger partial charge in [0.25, 0.3) is 0 Å². The molecule has 0 saturated carbocycles. The number of nitrogens with one attached hydrogen (secondary N) is 2. The Morgan fingerprint density at radius 3 is 0.855 bits per heavy atom. The van der Waals surface area contributed by atoms with Crippen LogP contribution in [0.25, 0.3) is 0 Å². The molecular formula is C64H108N2O51. The van der Waals surface area contributed by atoms with E-state index in [1.807, 2.05) is 0 Å². The average Bonchev–Trinajstić information content (AvgIpc) is 0.767. The number of ether oxygens (including phenoxy) is 19. The van der Waals surface area contributed by atoms with Gasteiger partial charge in [-0.05, 0) is 0 Å². The number of carbonyl (C=O) groups excluding carboxylic acids is 2. The van der Waals surface area contributed by atoms with Gasteiger partial charge in [0.15, 0.2) is 62.9 Å². The Morgan fingerprint density at radius 1 is 0.222 bits per heavy atom. The predicted octanol–water partition coefficient (Wildman–Crippen LogP) is -22.5. The van der Waals surface area contributed by atoms with Gasteiger partial charge < -0.3 is 254 Å². The van der Waals surface area contributed by atoms with Crippen molar-refractivity contribution in [3.63, 3.8) is 0 Å². The molecule has 10 rings (SSSR count). The molecule has 32 N–H and O–H groups in total. The standard InChI is InChI=1S/C64H108N2O51/c1-13(75)65-25-35(85)48(21(9-73)101-55(25)98)111-56-26(66-14(2)76)36(86)49(22(10-74)108-56)112-61-47(97)51(114-63-54(42(92)32(82)19(7-71)106-63)117-64-53(41(91)31(81)20(8-72)107-64)116-60-45(95)39(89)29(79)17(5-69)104-60)34(84)24(110-61)11-99-57-46(96)50(113-58-43(93)37(87)27(77)15(3-67)102-58)33(83)23(109-57)12-100-62-52(40(90)30(80)18(6-70)105-62)115-59-44(94)38(88)28(78)16(4-68)103-59/h15-64,67-74,77-98H,3-12H2,1-2H3,(H,65,75)(H,66,76). The summed E-state index contributed by atoms with van der Waals surface area (Å²) in [5, 5.41) is 336. The van der Waals surface area contributed by atoms with Gasteiger partial charge in [-0.25, -0.2) is 0 Å². The quantitative estimate of drug-likeness (QED) is 0.0318. The number of aliphatic hydroxyl groups excluding tert-OH is 30. The molecule has 50 unspecified atom stereocenters. The SMILES string of the molecule is CC(=O)NC1C(O)OC(CO)C(OC2OC(CO)C(OC3OC(COC4OC(COC5OC(CO)C(O)C(O)C5OC5OC(CO)C(O)C(O)C5O)C(O)C(OC5OC(CO)C(O)C(O)C5O)C4O)C(O)C(OC4OC(CO)C(O)C(O)C4OC4OC(CO)C(O)C(O)C4OC4OC(CO)C(O)C(O)C4O)C3O)C(O)C2NC(C)=O)C1O. The molecule has 0 spiro atoms. The molecule has 0 aromatic carbocycles. The van der Waals surface area contributed by atoms with E-state index in [9.17, 15) is 163 Å². The Kier molecular flexibility index (Phi) is 34.4. The van der Waals surface area contributed by atoms with Crippen molar-refractivity contribution in [2.75, 3.05) is 66.1 Å². The lowest BCUT2D eigenvalue weighted by atomic mass is 9.94. The maximum absolute atomic E-state index is 13.0. The van der Waals surface area contributed by atoms with Crippen LogP contribution in [0.3, 0.4) is 0 Å². The van der Waals surface area contributed by atoms with Crippen LogP contribution in [0, 0.1) is 0 Å². The van der Waals surface area contributed by atoms with Gasteiger partial charge in [0, 0.05) is 13.8 Å². The van der Waals surface area contributed by atoms with Crippen molar-refractivity contribution in [2.24, 2.45) is 0 Å². The Hall–Kier alpha value is -3.02. The number of hydrogen-bond donors (Lipinski definition) is 32. The molecule has 10 fully saturated rings. The summed E-state index contributed by atoms with van der Waals surface area (Å²) in [6.07, 6.45) is -104. The molecule has 53 nitrogen and oxygen atoms in total. The first-order valence-corrected chi connectivity index (χ1v) is 37.2. The molecule has 0 radical (unpaired) electrons. The summed E-state index contributed by atoms with van der Waals surface area (Å²) in [6.45, 7) is -9.28. The highest BCUT2D eigenvalue weighted by atomic mass is 16.8. The molecule has 53 heteroatoms. The molecule has 10 saturated heterocycles. The topological polar surface area (TPSA) is 840 Å². The second-order valence-corrected chi connectivity index (χ2v) is 29.5. The Balaban J connectivity index is 0.996. The Labute approximate surface area is 660 Å². The largest absolute Gasteiger partial charge is 0.394 e. The van der Waals surface area contributed by atoms with Crippen molar-refractivity contribution in [3.8, 4) is 0 Å². The summed E-state index contributed by atoms with van der Waals surface area (Å²) in [7, 11) is 0. The fourth-order valence-corrected chi connectivity index (χ4v) is 15.0. The second-order valence-electron chi connectivity index (χ2n) is 29.5. The molecule has 50 atom stereocenters. The van der Waals surface area contributed by atoms with Gasteiger partial charge in [-0.2, -0.15) is 0 Å². The fraction of sp³-hybridized carbons (Fsp3) is 0.969. The van der Waals surface area contributed by atoms with Gasteiger partial charge in [0.1, 0.15) is 244 Å². The molecule has 10 aliphatic rings.